The van der Waals surface area contributed by atoms with Crippen molar-refractivity contribution in [1.29, 1.82) is 0 Å². The molecular weight excluding hydrogens is 300 g/mol. The second-order valence-corrected chi connectivity index (χ2v) is 6.02. The normalized spacial score (nSPS) is 16.9. The Kier molecular flexibility index (Phi) is 2.53. The molecule has 0 saturated heterocycles. The van der Waals surface area contributed by atoms with Gasteiger partial charge in [0.2, 0.25) is 5.95 Å². The van der Waals surface area contributed by atoms with Crippen molar-refractivity contribution >= 4 is 33.8 Å². The molecule has 0 saturated carbocycles. The van der Waals surface area contributed by atoms with Crippen LogP contribution in [0.4, 0.5) is 5.95 Å². The Balaban J connectivity index is 1.85. The van der Waals surface area contributed by atoms with Crippen molar-refractivity contribution in [1.82, 2.24) is 14.5 Å². The molecular formula is C18H16N6. The first-order valence-electron chi connectivity index (χ1n) is 7.87. The number of aromatic amines is 1. The highest BCUT2D eigenvalue weighted by Gasteiger charge is 2.28. The Morgan fingerprint density at radius 1 is 1.08 bits per heavy atom. The summed E-state index contributed by atoms with van der Waals surface area (Å²) in [6.45, 7) is 2.07. The molecule has 4 N–H and O–H groups in total. The van der Waals surface area contributed by atoms with Crippen LogP contribution in [-0.2, 0) is 0 Å². The number of nitrogens with one attached hydrogen (secondary N) is 2. The minimum absolute atomic E-state index is 0.246. The van der Waals surface area contributed by atoms with E-state index in [1.807, 2.05) is 30.3 Å². The Hall–Kier alpha value is -3.28. The number of nitrogens with two attached hydrogens (primary N) is 1. The third-order valence-corrected chi connectivity index (χ3v) is 4.54. The summed E-state index contributed by atoms with van der Waals surface area (Å²) in [4.78, 5) is 12.8. The molecule has 0 bridgehead atoms. The van der Waals surface area contributed by atoms with Gasteiger partial charge in [-0.1, -0.05) is 30.3 Å². The molecule has 1 aliphatic rings. The van der Waals surface area contributed by atoms with Crippen molar-refractivity contribution < 1.29 is 0 Å². The van der Waals surface area contributed by atoms with Gasteiger partial charge in [-0.3, -0.25) is 9.88 Å². The van der Waals surface area contributed by atoms with Gasteiger partial charge in [0, 0.05) is 22.2 Å². The van der Waals surface area contributed by atoms with Crippen molar-refractivity contribution in [2.24, 2.45) is 10.7 Å². The summed E-state index contributed by atoms with van der Waals surface area (Å²) in [7, 11) is 0. The topological polar surface area (TPSA) is 84.0 Å². The highest BCUT2D eigenvalue weighted by atomic mass is 15.4. The molecule has 6 nitrogen and oxygen atoms in total. The van der Waals surface area contributed by atoms with Crippen LogP contribution in [0.15, 0.2) is 53.5 Å². The maximum Gasteiger partial charge on any atom is 0.212 e. The van der Waals surface area contributed by atoms with Gasteiger partial charge in [-0.2, -0.15) is 0 Å². The lowest BCUT2D eigenvalue weighted by Gasteiger charge is -2.24. The van der Waals surface area contributed by atoms with Gasteiger partial charge in [0.1, 0.15) is 0 Å². The van der Waals surface area contributed by atoms with Gasteiger partial charge in [0.15, 0.2) is 12.1 Å². The second kappa shape index (κ2) is 4.61. The van der Waals surface area contributed by atoms with E-state index >= 15 is 0 Å². The molecule has 0 unspecified atom stereocenters. The number of guanidine groups is 1. The largest absolute Gasteiger partial charge is 0.370 e. The number of anilines is 1. The fraction of sp³-hybridized carbons (Fsp3) is 0.111. The molecule has 5 rings (SSSR count). The van der Waals surface area contributed by atoms with E-state index in [0.717, 1.165) is 39.1 Å². The lowest BCUT2D eigenvalue weighted by Crippen LogP contribution is -2.31. The molecule has 0 spiro atoms. The highest BCUT2D eigenvalue weighted by molar-refractivity contribution is 5.95. The number of imidazole rings is 1. The predicted molar refractivity (Wildman–Crippen MR) is 96.2 cm³/mol. The molecule has 24 heavy (non-hydrogen) atoms. The first-order valence-corrected chi connectivity index (χ1v) is 7.87. The van der Waals surface area contributed by atoms with E-state index in [0.29, 0.717) is 5.96 Å². The molecule has 1 atom stereocenters. The third-order valence-electron chi connectivity index (χ3n) is 4.54. The first kappa shape index (κ1) is 13.2. The van der Waals surface area contributed by atoms with E-state index < -0.39 is 0 Å². The van der Waals surface area contributed by atoms with Gasteiger partial charge in [0.05, 0.1) is 11.0 Å². The Labute approximate surface area is 138 Å². The summed E-state index contributed by atoms with van der Waals surface area (Å²) in [6, 6.07) is 16.3. The average molecular weight is 316 g/mol. The lowest BCUT2D eigenvalue weighted by molar-refractivity contribution is 0.627. The SMILES string of the molecule is Cc1[nH]c2ccccc2c1[C@@H]1N=C(N)Nc2nc3ccccc3n21. The number of hydrogen-bond acceptors (Lipinski definition) is 4. The number of fused-ring (bicyclic) bond motifs is 4. The van der Waals surface area contributed by atoms with Crippen molar-refractivity contribution in [3.05, 3.63) is 59.8 Å². The van der Waals surface area contributed by atoms with Gasteiger partial charge in [0.25, 0.3) is 0 Å². The van der Waals surface area contributed by atoms with Gasteiger partial charge in [-0.25, -0.2) is 9.98 Å². The van der Waals surface area contributed by atoms with Gasteiger partial charge in [-0.15, -0.1) is 0 Å². The number of benzene rings is 2. The molecule has 2 aromatic heterocycles. The predicted octanol–water partition coefficient (Wildman–Crippen LogP) is 3.11. The second-order valence-electron chi connectivity index (χ2n) is 6.02. The minimum Gasteiger partial charge on any atom is -0.370 e. The van der Waals surface area contributed by atoms with Crippen LogP contribution in [0.2, 0.25) is 0 Å². The van der Waals surface area contributed by atoms with Crippen LogP contribution < -0.4 is 11.1 Å². The zero-order valence-corrected chi connectivity index (χ0v) is 13.1. The van der Waals surface area contributed by atoms with Crippen molar-refractivity contribution in [2.45, 2.75) is 13.1 Å². The molecule has 0 radical (unpaired) electrons. The summed E-state index contributed by atoms with van der Waals surface area (Å²) in [5.41, 5.74) is 11.3. The van der Waals surface area contributed by atoms with E-state index in [-0.39, 0.29) is 6.17 Å². The fourth-order valence-electron chi connectivity index (χ4n) is 3.54. The Morgan fingerprint density at radius 3 is 2.79 bits per heavy atom. The smallest absolute Gasteiger partial charge is 0.212 e. The highest BCUT2D eigenvalue weighted by Crippen LogP contribution is 2.37. The van der Waals surface area contributed by atoms with Gasteiger partial charge >= 0.3 is 0 Å². The zero-order chi connectivity index (χ0) is 16.3. The molecule has 2 aromatic carbocycles. The third kappa shape index (κ3) is 1.70. The number of nitrogens with zero attached hydrogens (tertiary/aromatic N) is 3. The molecule has 3 heterocycles. The van der Waals surface area contributed by atoms with Gasteiger partial charge in [-0.05, 0) is 25.1 Å². The summed E-state index contributed by atoms with van der Waals surface area (Å²) in [6.07, 6.45) is -0.246. The summed E-state index contributed by atoms with van der Waals surface area (Å²) < 4.78 is 2.11. The maximum absolute atomic E-state index is 6.04. The standard InChI is InChI=1S/C18H16N6/c1-10-15(11-6-2-3-7-12(11)20-10)16-22-17(19)23-18-21-13-8-4-5-9-14(13)24(16)18/h2-9,16,20H,1H3,(H3,19,21,22,23)/t16-/m1/s1. The molecule has 0 fully saturated rings. The molecule has 0 amide bonds. The molecule has 6 heteroatoms. The van der Waals surface area contributed by atoms with Crippen molar-refractivity contribution in [3.63, 3.8) is 0 Å². The molecule has 0 aliphatic carbocycles. The maximum atomic E-state index is 6.04. The summed E-state index contributed by atoms with van der Waals surface area (Å²) >= 11 is 0. The van der Waals surface area contributed by atoms with Crippen LogP contribution in [0.25, 0.3) is 21.9 Å². The van der Waals surface area contributed by atoms with Crippen molar-refractivity contribution in [2.75, 3.05) is 5.32 Å². The summed E-state index contributed by atoms with van der Waals surface area (Å²) in [5, 5.41) is 4.23. The van der Waals surface area contributed by atoms with E-state index in [1.54, 1.807) is 0 Å². The van der Waals surface area contributed by atoms with Crippen LogP contribution in [0.3, 0.4) is 0 Å². The fourth-order valence-corrected chi connectivity index (χ4v) is 3.54. The van der Waals surface area contributed by atoms with Crippen LogP contribution in [0.1, 0.15) is 17.4 Å². The van der Waals surface area contributed by atoms with Crippen LogP contribution >= 0.6 is 0 Å². The minimum atomic E-state index is -0.246. The van der Waals surface area contributed by atoms with E-state index in [2.05, 4.69) is 50.0 Å². The van der Waals surface area contributed by atoms with E-state index in [9.17, 15) is 0 Å². The first-order chi connectivity index (χ1) is 11.7. The van der Waals surface area contributed by atoms with Crippen LogP contribution in [0, 0.1) is 6.92 Å². The monoisotopic (exact) mass is 316 g/mol. The number of hydrogen-bond donors (Lipinski definition) is 3. The van der Waals surface area contributed by atoms with Crippen molar-refractivity contribution in [3.8, 4) is 0 Å². The van der Waals surface area contributed by atoms with E-state index in [4.69, 9.17) is 5.73 Å². The number of aromatic nitrogens is 3. The Morgan fingerprint density at radius 2 is 1.88 bits per heavy atom. The lowest BCUT2D eigenvalue weighted by atomic mass is 10.1. The zero-order valence-electron chi connectivity index (χ0n) is 13.1. The van der Waals surface area contributed by atoms with Crippen LogP contribution in [-0.4, -0.2) is 20.5 Å². The molecule has 118 valence electrons. The van der Waals surface area contributed by atoms with E-state index in [1.165, 1.54) is 0 Å². The number of aryl methyl sites for hydroxylation is 1. The van der Waals surface area contributed by atoms with Gasteiger partial charge < -0.3 is 10.7 Å². The molecule has 4 aromatic rings. The molecule has 1 aliphatic heterocycles. The Bertz CT molecular complexity index is 1120. The number of para-hydroxylation sites is 3. The average Bonchev–Trinajstić information content (AvgIpc) is 3.10. The number of H-pyrrole nitrogens is 1. The number of aliphatic imine (C=N–C) groups is 1. The summed E-state index contributed by atoms with van der Waals surface area (Å²) in [5.74, 6) is 1.10. The number of rotatable bonds is 1. The van der Waals surface area contributed by atoms with Crippen LogP contribution in [0.5, 0.6) is 0 Å². The quantitative estimate of drug-likeness (QED) is 0.504.